The van der Waals surface area contributed by atoms with E-state index in [1.165, 1.54) is 6.07 Å². The molecule has 0 unspecified atom stereocenters. The van der Waals surface area contributed by atoms with Crippen molar-refractivity contribution in [2.24, 2.45) is 0 Å². The van der Waals surface area contributed by atoms with Gasteiger partial charge in [0.25, 0.3) is 5.91 Å². The second-order valence-corrected chi connectivity index (χ2v) is 4.55. The molecule has 0 spiro atoms. The molecule has 0 fully saturated rings. The molecule has 6 heteroatoms. The lowest BCUT2D eigenvalue weighted by Crippen LogP contribution is -2.16. The maximum Gasteiger partial charge on any atom is 0.416 e. The maximum absolute atomic E-state index is 12.7. The first kappa shape index (κ1) is 12.8. The van der Waals surface area contributed by atoms with Crippen molar-refractivity contribution in [1.82, 2.24) is 0 Å². The molecule has 1 N–H and O–H groups in total. The number of ether oxygens (including phenoxy) is 1. The number of allylic oxidation sites excluding steroid dienone is 2. The number of fused-ring (bicyclic) bond motifs is 1. The van der Waals surface area contributed by atoms with Crippen molar-refractivity contribution >= 4 is 11.6 Å². The van der Waals surface area contributed by atoms with Crippen LogP contribution in [0, 0.1) is 0 Å². The number of carbonyl (C=O) groups excluding carboxylic acids is 1. The number of alkyl halides is 3. The molecular weight excluding hydrogens is 271 g/mol. The van der Waals surface area contributed by atoms with Gasteiger partial charge in [0, 0.05) is 0 Å². The number of halogens is 3. The number of benzene rings is 1. The van der Waals surface area contributed by atoms with Crippen LogP contribution in [0.3, 0.4) is 0 Å². The molecule has 1 aliphatic carbocycles. The van der Waals surface area contributed by atoms with Crippen molar-refractivity contribution in [3.05, 3.63) is 47.2 Å². The van der Waals surface area contributed by atoms with Crippen LogP contribution in [0.5, 0.6) is 5.75 Å². The van der Waals surface area contributed by atoms with Gasteiger partial charge in [0.1, 0.15) is 5.76 Å². The van der Waals surface area contributed by atoms with Crippen LogP contribution in [0.15, 0.2) is 41.7 Å². The third-order valence-electron chi connectivity index (χ3n) is 3.18. The minimum absolute atomic E-state index is 0.0348. The Morgan fingerprint density at radius 1 is 1.25 bits per heavy atom. The van der Waals surface area contributed by atoms with Crippen LogP contribution >= 0.6 is 0 Å². The molecular formula is C14H10F3NO2. The number of hydrogen-bond donors (Lipinski definition) is 1. The van der Waals surface area contributed by atoms with Gasteiger partial charge in [0.2, 0.25) is 0 Å². The van der Waals surface area contributed by atoms with Crippen LogP contribution in [0.2, 0.25) is 0 Å². The largest absolute Gasteiger partial charge is 0.455 e. The number of carbonyl (C=O) groups is 1. The standard InChI is InChI=1S/C14H10F3NO2/c15-14(16,17)8-5-6-12-10(7-8)18-13(19)9-3-1-2-4-11(9)20-12/h2,4-7H,1,3H2,(H,18,19). The van der Waals surface area contributed by atoms with Crippen molar-refractivity contribution in [3.8, 4) is 5.75 Å². The highest BCUT2D eigenvalue weighted by molar-refractivity contribution is 6.06. The minimum atomic E-state index is -4.46. The van der Waals surface area contributed by atoms with E-state index in [2.05, 4.69) is 5.32 Å². The normalized spacial score (nSPS) is 17.9. The van der Waals surface area contributed by atoms with E-state index in [0.717, 1.165) is 12.1 Å². The SMILES string of the molecule is O=C1Nc2cc(C(F)(F)F)ccc2OC2=C1CCC=C2. The van der Waals surface area contributed by atoms with Gasteiger partial charge >= 0.3 is 6.18 Å². The van der Waals surface area contributed by atoms with E-state index in [4.69, 9.17) is 4.74 Å². The molecule has 0 radical (unpaired) electrons. The van der Waals surface area contributed by atoms with Crippen molar-refractivity contribution in [1.29, 1.82) is 0 Å². The zero-order chi connectivity index (χ0) is 14.3. The highest BCUT2D eigenvalue weighted by Crippen LogP contribution is 2.38. The lowest BCUT2D eigenvalue weighted by Gasteiger charge is -2.12. The van der Waals surface area contributed by atoms with Gasteiger partial charge in [0.05, 0.1) is 16.8 Å². The Labute approximate surface area is 112 Å². The molecule has 0 saturated carbocycles. The molecule has 0 atom stereocenters. The maximum atomic E-state index is 12.7. The summed E-state index contributed by atoms with van der Waals surface area (Å²) in [5, 5.41) is 2.48. The first-order chi connectivity index (χ1) is 9.45. The van der Waals surface area contributed by atoms with E-state index >= 15 is 0 Å². The van der Waals surface area contributed by atoms with Gasteiger partial charge in [-0.05, 0) is 37.1 Å². The minimum Gasteiger partial charge on any atom is -0.455 e. The van der Waals surface area contributed by atoms with Gasteiger partial charge in [-0.3, -0.25) is 4.79 Å². The van der Waals surface area contributed by atoms with Crippen LogP contribution < -0.4 is 10.1 Å². The van der Waals surface area contributed by atoms with Crippen molar-refractivity contribution in [3.63, 3.8) is 0 Å². The predicted octanol–water partition coefficient (Wildman–Crippen LogP) is 3.64. The second-order valence-electron chi connectivity index (χ2n) is 4.55. The lowest BCUT2D eigenvalue weighted by atomic mass is 10.0. The highest BCUT2D eigenvalue weighted by Gasteiger charge is 2.32. The fraction of sp³-hybridized carbons (Fsp3) is 0.214. The Kier molecular flexibility index (Phi) is 2.81. The van der Waals surface area contributed by atoms with Gasteiger partial charge in [-0.2, -0.15) is 13.2 Å². The zero-order valence-electron chi connectivity index (χ0n) is 10.3. The summed E-state index contributed by atoms with van der Waals surface area (Å²) in [5.74, 6) is 0.192. The summed E-state index contributed by atoms with van der Waals surface area (Å²) in [6.07, 6.45) is 0.295. The predicted molar refractivity (Wildman–Crippen MR) is 66.1 cm³/mol. The Hall–Kier alpha value is -2.24. The zero-order valence-corrected chi connectivity index (χ0v) is 10.3. The molecule has 1 aromatic carbocycles. The van der Waals surface area contributed by atoms with Crippen molar-refractivity contribution < 1.29 is 22.7 Å². The number of anilines is 1. The summed E-state index contributed by atoms with van der Waals surface area (Å²) in [7, 11) is 0. The van der Waals surface area contributed by atoms with Gasteiger partial charge in [0.15, 0.2) is 5.75 Å². The molecule has 2 aliphatic rings. The van der Waals surface area contributed by atoms with Crippen molar-refractivity contribution in [2.75, 3.05) is 5.32 Å². The Morgan fingerprint density at radius 2 is 2.05 bits per heavy atom. The van der Waals surface area contributed by atoms with Crippen LogP contribution in [-0.4, -0.2) is 5.91 Å². The number of hydrogen-bond acceptors (Lipinski definition) is 2. The highest BCUT2D eigenvalue weighted by atomic mass is 19.4. The van der Waals surface area contributed by atoms with E-state index in [1.54, 1.807) is 6.08 Å². The third kappa shape index (κ3) is 2.17. The first-order valence-electron chi connectivity index (χ1n) is 6.05. The summed E-state index contributed by atoms with van der Waals surface area (Å²) in [6, 6.07) is 3.04. The van der Waals surface area contributed by atoms with E-state index in [-0.39, 0.29) is 11.4 Å². The smallest absolute Gasteiger partial charge is 0.416 e. The average molecular weight is 281 g/mol. The van der Waals surface area contributed by atoms with Gasteiger partial charge < -0.3 is 10.1 Å². The summed E-state index contributed by atoms with van der Waals surface area (Å²) in [5.41, 5.74) is -0.333. The quantitative estimate of drug-likeness (QED) is 0.788. The monoisotopic (exact) mass is 281 g/mol. The van der Waals surface area contributed by atoms with Crippen molar-refractivity contribution in [2.45, 2.75) is 19.0 Å². The first-order valence-corrected chi connectivity index (χ1v) is 6.05. The van der Waals surface area contributed by atoms with Crippen LogP contribution in [-0.2, 0) is 11.0 Å². The molecule has 3 nitrogen and oxygen atoms in total. The molecule has 0 aromatic heterocycles. The van der Waals surface area contributed by atoms with Crippen LogP contribution in [0.25, 0.3) is 0 Å². The van der Waals surface area contributed by atoms with E-state index in [1.807, 2.05) is 6.08 Å². The molecule has 104 valence electrons. The Balaban J connectivity index is 2.04. The lowest BCUT2D eigenvalue weighted by molar-refractivity contribution is -0.137. The van der Waals surface area contributed by atoms with Gasteiger partial charge in [-0.1, -0.05) is 6.08 Å². The molecule has 1 amide bonds. The van der Waals surface area contributed by atoms with E-state index < -0.39 is 17.6 Å². The molecule has 1 aliphatic heterocycles. The van der Waals surface area contributed by atoms with Crippen LogP contribution in [0.1, 0.15) is 18.4 Å². The molecule has 20 heavy (non-hydrogen) atoms. The average Bonchev–Trinajstić information content (AvgIpc) is 2.53. The van der Waals surface area contributed by atoms with Gasteiger partial charge in [-0.15, -0.1) is 0 Å². The fourth-order valence-corrected chi connectivity index (χ4v) is 2.17. The second kappa shape index (κ2) is 4.40. The number of amides is 1. The molecule has 3 rings (SSSR count). The summed E-state index contributed by atoms with van der Waals surface area (Å²) < 4.78 is 43.6. The third-order valence-corrected chi connectivity index (χ3v) is 3.18. The Morgan fingerprint density at radius 3 is 2.80 bits per heavy atom. The molecule has 1 heterocycles. The van der Waals surface area contributed by atoms with Crippen LogP contribution in [0.4, 0.5) is 18.9 Å². The number of nitrogens with one attached hydrogen (secondary N) is 1. The Bertz CT molecular complexity index is 644. The molecule has 1 aromatic rings. The summed E-state index contributed by atoms with van der Waals surface area (Å²) in [4.78, 5) is 12.0. The molecule has 0 saturated heterocycles. The summed E-state index contributed by atoms with van der Waals surface area (Å²) in [6.45, 7) is 0. The number of rotatable bonds is 0. The summed E-state index contributed by atoms with van der Waals surface area (Å²) >= 11 is 0. The molecule has 0 bridgehead atoms. The van der Waals surface area contributed by atoms with E-state index in [0.29, 0.717) is 24.2 Å². The van der Waals surface area contributed by atoms with Gasteiger partial charge in [-0.25, -0.2) is 0 Å². The fourth-order valence-electron chi connectivity index (χ4n) is 2.17. The van der Waals surface area contributed by atoms with E-state index in [9.17, 15) is 18.0 Å². The topological polar surface area (TPSA) is 38.3 Å².